The topological polar surface area (TPSA) is 96.0 Å². The first kappa shape index (κ1) is 30.5. The molecule has 1 atom stereocenters. The number of amides is 2. The van der Waals surface area contributed by atoms with Gasteiger partial charge in [0.15, 0.2) is 0 Å². The van der Waals surface area contributed by atoms with Crippen molar-refractivity contribution in [3.8, 4) is 5.75 Å². The second-order valence-electron chi connectivity index (χ2n) is 10.4. The van der Waals surface area contributed by atoms with E-state index in [1.165, 1.54) is 10.7 Å². The van der Waals surface area contributed by atoms with Crippen molar-refractivity contribution in [2.24, 2.45) is 0 Å². The van der Waals surface area contributed by atoms with Gasteiger partial charge in [0.25, 0.3) is 0 Å². The Balaban J connectivity index is 1.74. The molecule has 0 saturated heterocycles. The van der Waals surface area contributed by atoms with Crippen molar-refractivity contribution in [2.45, 2.75) is 84.3 Å². The molecule has 1 N–H and O–H groups in total. The van der Waals surface area contributed by atoms with Gasteiger partial charge in [0.05, 0.1) is 18.6 Å². The van der Waals surface area contributed by atoms with Crippen LogP contribution >= 0.6 is 0 Å². The van der Waals surface area contributed by atoms with Gasteiger partial charge in [0.1, 0.15) is 11.8 Å². The minimum atomic E-state index is -3.61. The van der Waals surface area contributed by atoms with E-state index in [1.807, 2.05) is 38.1 Å². The Morgan fingerprint density at radius 1 is 1.08 bits per heavy atom. The van der Waals surface area contributed by atoms with Crippen LogP contribution in [0.5, 0.6) is 5.75 Å². The zero-order valence-corrected chi connectivity index (χ0v) is 24.5. The number of benzene rings is 2. The van der Waals surface area contributed by atoms with E-state index in [4.69, 9.17) is 4.74 Å². The molecule has 8 nitrogen and oxygen atoms in total. The number of ether oxygens (including phenoxy) is 1. The van der Waals surface area contributed by atoms with Crippen molar-refractivity contribution in [2.75, 3.05) is 23.7 Å². The van der Waals surface area contributed by atoms with E-state index in [2.05, 4.69) is 5.32 Å². The summed E-state index contributed by atoms with van der Waals surface area (Å²) in [4.78, 5) is 28.4. The quantitative estimate of drug-likeness (QED) is 0.382. The molecule has 214 valence electrons. The highest BCUT2D eigenvalue weighted by Crippen LogP contribution is 2.30. The molecule has 1 aliphatic rings. The molecule has 1 fully saturated rings. The largest absolute Gasteiger partial charge is 0.492 e. The number of sulfonamides is 1. The van der Waals surface area contributed by atoms with Crippen LogP contribution in [0.4, 0.5) is 5.69 Å². The maximum Gasteiger partial charge on any atom is 0.242 e. The third kappa shape index (κ3) is 8.98. The van der Waals surface area contributed by atoms with Gasteiger partial charge in [-0.3, -0.25) is 13.9 Å². The van der Waals surface area contributed by atoms with Gasteiger partial charge in [-0.05, 0) is 57.7 Å². The van der Waals surface area contributed by atoms with Gasteiger partial charge in [-0.2, -0.15) is 0 Å². The molecular formula is C30H43N3O5S. The van der Waals surface area contributed by atoms with E-state index >= 15 is 0 Å². The SMILES string of the molecule is CCOc1ccccc1N(CCCC(=O)N(Cc1cccc(C)c1)[C@H](C)C(=O)NC1CCCCC1)S(C)(=O)=O. The van der Waals surface area contributed by atoms with Crippen molar-refractivity contribution in [1.82, 2.24) is 10.2 Å². The highest BCUT2D eigenvalue weighted by Gasteiger charge is 2.29. The molecule has 0 aliphatic heterocycles. The summed E-state index contributed by atoms with van der Waals surface area (Å²) in [6.07, 6.45) is 6.90. The van der Waals surface area contributed by atoms with Crippen molar-refractivity contribution >= 4 is 27.5 Å². The number of nitrogens with zero attached hydrogens (tertiary/aromatic N) is 2. The third-order valence-corrected chi connectivity index (χ3v) is 8.32. The Labute approximate surface area is 233 Å². The molecule has 39 heavy (non-hydrogen) atoms. The summed E-state index contributed by atoms with van der Waals surface area (Å²) in [5, 5.41) is 3.15. The maximum absolute atomic E-state index is 13.6. The third-order valence-electron chi connectivity index (χ3n) is 7.14. The van der Waals surface area contributed by atoms with Gasteiger partial charge in [-0.25, -0.2) is 8.42 Å². The number of rotatable bonds is 13. The van der Waals surface area contributed by atoms with Gasteiger partial charge in [0.2, 0.25) is 21.8 Å². The summed E-state index contributed by atoms with van der Waals surface area (Å²) >= 11 is 0. The van der Waals surface area contributed by atoms with Crippen LogP contribution in [0.2, 0.25) is 0 Å². The molecule has 0 spiro atoms. The van der Waals surface area contributed by atoms with Crippen LogP contribution in [-0.2, 0) is 26.2 Å². The van der Waals surface area contributed by atoms with Crippen LogP contribution < -0.4 is 14.4 Å². The fourth-order valence-corrected chi connectivity index (χ4v) is 6.05. The molecule has 0 bridgehead atoms. The Morgan fingerprint density at radius 3 is 2.46 bits per heavy atom. The number of carbonyl (C=O) groups is 2. The second kappa shape index (κ2) is 14.4. The van der Waals surface area contributed by atoms with Gasteiger partial charge < -0.3 is 15.0 Å². The number of nitrogens with one attached hydrogen (secondary N) is 1. The van der Waals surface area contributed by atoms with Crippen molar-refractivity contribution < 1.29 is 22.7 Å². The fourth-order valence-electron chi connectivity index (χ4n) is 5.08. The number of para-hydroxylation sites is 2. The smallest absolute Gasteiger partial charge is 0.242 e. The second-order valence-corrected chi connectivity index (χ2v) is 12.3. The van der Waals surface area contributed by atoms with Gasteiger partial charge in [0, 0.05) is 25.6 Å². The first-order chi connectivity index (χ1) is 18.6. The summed E-state index contributed by atoms with van der Waals surface area (Å²) in [6.45, 7) is 6.44. The highest BCUT2D eigenvalue weighted by molar-refractivity contribution is 7.92. The Hall–Kier alpha value is -3.07. The highest BCUT2D eigenvalue weighted by atomic mass is 32.2. The first-order valence-corrected chi connectivity index (χ1v) is 15.8. The van der Waals surface area contributed by atoms with Crippen LogP contribution in [-0.4, -0.2) is 56.6 Å². The van der Waals surface area contributed by atoms with Crippen LogP contribution in [0.3, 0.4) is 0 Å². The molecule has 0 radical (unpaired) electrons. The number of anilines is 1. The molecule has 9 heteroatoms. The summed E-state index contributed by atoms with van der Waals surface area (Å²) in [5.74, 6) is 0.145. The summed E-state index contributed by atoms with van der Waals surface area (Å²) in [7, 11) is -3.61. The van der Waals surface area contributed by atoms with E-state index in [9.17, 15) is 18.0 Å². The molecule has 2 aromatic rings. The molecular weight excluding hydrogens is 514 g/mol. The van der Waals surface area contributed by atoms with E-state index in [0.29, 0.717) is 31.0 Å². The number of hydrogen-bond donors (Lipinski definition) is 1. The van der Waals surface area contributed by atoms with E-state index < -0.39 is 16.1 Å². The summed E-state index contributed by atoms with van der Waals surface area (Å²) in [6, 6.07) is 14.4. The van der Waals surface area contributed by atoms with E-state index in [-0.39, 0.29) is 30.8 Å². The fraction of sp³-hybridized carbons (Fsp3) is 0.533. The van der Waals surface area contributed by atoms with Crippen LogP contribution in [0.15, 0.2) is 48.5 Å². The van der Waals surface area contributed by atoms with Crippen LogP contribution in [0, 0.1) is 6.92 Å². The van der Waals surface area contributed by atoms with Gasteiger partial charge in [-0.1, -0.05) is 61.2 Å². The first-order valence-electron chi connectivity index (χ1n) is 13.9. The summed E-state index contributed by atoms with van der Waals surface area (Å²) in [5.41, 5.74) is 2.48. The Bertz CT molecular complexity index is 1210. The summed E-state index contributed by atoms with van der Waals surface area (Å²) < 4.78 is 32.3. The average Bonchev–Trinajstić information content (AvgIpc) is 2.90. The van der Waals surface area contributed by atoms with Gasteiger partial charge >= 0.3 is 0 Å². The molecule has 1 saturated carbocycles. The Morgan fingerprint density at radius 2 is 1.79 bits per heavy atom. The molecule has 1 aliphatic carbocycles. The lowest BCUT2D eigenvalue weighted by atomic mass is 9.95. The average molecular weight is 558 g/mol. The van der Waals surface area contributed by atoms with E-state index in [0.717, 1.165) is 43.1 Å². The lowest BCUT2D eigenvalue weighted by Gasteiger charge is -2.31. The zero-order chi connectivity index (χ0) is 28.4. The predicted octanol–water partition coefficient (Wildman–Crippen LogP) is 4.81. The normalized spacial score (nSPS) is 14.9. The monoisotopic (exact) mass is 557 g/mol. The number of hydrogen-bond acceptors (Lipinski definition) is 5. The number of carbonyl (C=O) groups excluding carboxylic acids is 2. The van der Waals surface area contributed by atoms with E-state index in [1.54, 1.807) is 36.1 Å². The minimum Gasteiger partial charge on any atom is -0.492 e. The maximum atomic E-state index is 13.6. The van der Waals surface area contributed by atoms with Gasteiger partial charge in [-0.15, -0.1) is 0 Å². The van der Waals surface area contributed by atoms with Crippen molar-refractivity contribution in [3.05, 3.63) is 59.7 Å². The Kier molecular flexibility index (Phi) is 11.2. The molecule has 2 amide bonds. The lowest BCUT2D eigenvalue weighted by molar-refractivity contribution is -0.141. The van der Waals surface area contributed by atoms with Crippen molar-refractivity contribution in [3.63, 3.8) is 0 Å². The standard InChI is InChI=1S/C30H43N3O5S/c1-5-38-28-18-10-9-17-27(28)33(39(4,36)37)20-12-19-29(34)32(22-25-14-11-13-23(2)21-25)24(3)30(35)31-26-15-7-6-8-16-26/h9-11,13-14,17-18,21,24,26H,5-8,12,15-16,19-20,22H2,1-4H3,(H,31,35)/t24-/m1/s1. The van der Waals surface area contributed by atoms with Crippen LogP contribution in [0.1, 0.15) is 69.9 Å². The molecule has 0 aromatic heterocycles. The molecule has 0 heterocycles. The number of aryl methyl sites for hydroxylation is 1. The minimum absolute atomic E-state index is 0.107. The van der Waals surface area contributed by atoms with Crippen molar-refractivity contribution in [1.29, 1.82) is 0 Å². The molecule has 3 rings (SSSR count). The molecule has 0 unspecified atom stereocenters. The molecule has 2 aromatic carbocycles. The predicted molar refractivity (Wildman–Crippen MR) is 155 cm³/mol. The zero-order valence-electron chi connectivity index (χ0n) is 23.7. The van der Waals surface area contributed by atoms with Crippen LogP contribution in [0.25, 0.3) is 0 Å². The lowest BCUT2D eigenvalue weighted by Crippen LogP contribution is -2.50.